The summed E-state index contributed by atoms with van der Waals surface area (Å²) in [6.07, 6.45) is 5.52. The van der Waals surface area contributed by atoms with Gasteiger partial charge in [-0.2, -0.15) is 0 Å². The Balaban J connectivity index is 1.64. The summed E-state index contributed by atoms with van der Waals surface area (Å²) in [6, 6.07) is 3.33. The summed E-state index contributed by atoms with van der Waals surface area (Å²) in [7, 11) is 0. The van der Waals surface area contributed by atoms with Crippen molar-refractivity contribution in [2.24, 2.45) is 0 Å². The molecule has 3 heterocycles. The maximum Gasteiger partial charge on any atom is 0.330 e. The zero-order valence-electron chi connectivity index (χ0n) is 13.4. The highest BCUT2D eigenvalue weighted by Crippen LogP contribution is 2.31. The number of hydrogen-bond acceptors (Lipinski definition) is 4. The van der Waals surface area contributed by atoms with E-state index in [-0.39, 0.29) is 6.03 Å². The van der Waals surface area contributed by atoms with E-state index >= 15 is 0 Å². The number of aryl methyl sites for hydroxylation is 1. The van der Waals surface area contributed by atoms with E-state index in [9.17, 15) is 14.7 Å². The molecule has 2 N–H and O–H groups in total. The van der Waals surface area contributed by atoms with Gasteiger partial charge in [-0.15, -0.1) is 0 Å². The van der Waals surface area contributed by atoms with Gasteiger partial charge >= 0.3 is 12.0 Å². The van der Waals surface area contributed by atoms with Crippen molar-refractivity contribution in [2.75, 3.05) is 13.1 Å². The molecule has 1 aliphatic heterocycles. The molecule has 24 heavy (non-hydrogen) atoms. The Kier molecular flexibility index (Phi) is 4.28. The first kappa shape index (κ1) is 16.1. The van der Waals surface area contributed by atoms with Crippen molar-refractivity contribution in [1.29, 1.82) is 0 Å². The van der Waals surface area contributed by atoms with Crippen molar-refractivity contribution in [3.8, 4) is 0 Å². The average Bonchev–Trinajstić information content (AvgIpc) is 3.24. The Morgan fingerprint density at radius 1 is 1.42 bits per heavy atom. The average molecular weight is 332 g/mol. The van der Waals surface area contributed by atoms with Crippen LogP contribution in [0.2, 0.25) is 0 Å². The van der Waals surface area contributed by atoms with Gasteiger partial charge in [-0.1, -0.05) is 0 Å². The molecular weight excluding hydrogens is 312 g/mol. The number of aliphatic carboxylic acids is 1. The molecule has 0 radical (unpaired) electrons. The van der Waals surface area contributed by atoms with Crippen LogP contribution in [0.15, 0.2) is 35.2 Å². The fraction of sp³-hybridized carbons (Fsp3) is 0.438. The van der Waals surface area contributed by atoms with Gasteiger partial charge < -0.3 is 24.3 Å². The molecule has 0 atom stereocenters. The van der Waals surface area contributed by atoms with Crippen molar-refractivity contribution in [3.05, 3.63) is 42.4 Å². The van der Waals surface area contributed by atoms with E-state index in [1.165, 1.54) is 0 Å². The monoisotopic (exact) mass is 332 g/mol. The van der Waals surface area contributed by atoms with E-state index in [1.54, 1.807) is 47.2 Å². The number of nitrogens with zero attached hydrogens (tertiary/aromatic N) is 3. The van der Waals surface area contributed by atoms with Crippen molar-refractivity contribution in [3.63, 3.8) is 0 Å². The van der Waals surface area contributed by atoms with Crippen LogP contribution in [0.5, 0.6) is 0 Å². The summed E-state index contributed by atoms with van der Waals surface area (Å²) in [4.78, 5) is 29.9. The maximum absolute atomic E-state index is 12.2. The van der Waals surface area contributed by atoms with E-state index in [4.69, 9.17) is 4.42 Å². The van der Waals surface area contributed by atoms with Gasteiger partial charge in [-0.05, 0) is 31.9 Å². The standard InChI is InChI=1S/C16H20N4O4/c1-12-17-6-9-20(12)16(14(21)22)4-7-19(8-5-16)15(23)18-11-13-3-2-10-24-13/h2-3,6,9-10H,4-5,7-8,11H2,1H3,(H,18,23)(H,21,22). The van der Waals surface area contributed by atoms with E-state index in [1.807, 2.05) is 0 Å². The fourth-order valence-corrected chi connectivity index (χ4v) is 3.16. The lowest BCUT2D eigenvalue weighted by Crippen LogP contribution is -2.54. The number of furan rings is 1. The Morgan fingerprint density at radius 2 is 2.17 bits per heavy atom. The fourth-order valence-electron chi connectivity index (χ4n) is 3.16. The maximum atomic E-state index is 12.2. The summed E-state index contributed by atoms with van der Waals surface area (Å²) in [6.45, 7) is 2.84. The van der Waals surface area contributed by atoms with Gasteiger partial charge in [0.25, 0.3) is 0 Å². The first-order valence-corrected chi connectivity index (χ1v) is 7.82. The summed E-state index contributed by atoms with van der Waals surface area (Å²) >= 11 is 0. The third-order valence-corrected chi connectivity index (χ3v) is 4.56. The number of carbonyl (C=O) groups excluding carboxylic acids is 1. The molecule has 1 saturated heterocycles. The smallest absolute Gasteiger partial charge is 0.330 e. The van der Waals surface area contributed by atoms with E-state index in [2.05, 4.69) is 10.3 Å². The van der Waals surface area contributed by atoms with Crippen LogP contribution in [0.3, 0.4) is 0 Å². The quantitative estimate of drug-likeness (QED) is 0.885. The van der Waals surface area contributed by atoms with Crippen LogP contribution >= 0.6 is 0 Å². The molecule has 3 rings (SSSR count). The summed E-state index contributed by atoms with van der Waals surface area (Å²) < 4.78 is 6.88. The second-order valence-corrected chi connectivity index (χ2v) is 5.91. The van der Waals surface area contributed by atoms with Crippen LogP contribution in [0.25, 0.3) is 0 Å². The topological polar surface area (TPSA) is 101 Å². The number of rotatable bonds is 4. The minimum Gasteiger partial charge on any atom is -0.479 e. The van der Waals surface area contributed by atoms with Gasteiger partial charge in [0.2, 0.25) is 0 Å². The highest BCUT2D eigenvalue weighted by Gasteiger charge is 2.44. The lowest BCUT2D eigenvalue weighted by Gasteiger charge is -2.40. The molecule has 0 aromatic carbocycles. The molecule has 0 bridgehead atoms. The van der Waals surface area contributed by atoms with E-state index < -0.39 is 11.5 Å². The molecule has 8 nitrogen and oxygen atoms in total. The first-order chi connectivity index (χ1) is 11.5. The SMILES string of the molecule is Cc1nccn1C1(C(=O)O)CCN(C(=O)NCc2ccco2)CC1. The van der Waals surface area contributed by atoms with Gasteiger partial charge in [-0.25, -0.2) is 14.6 Å². The molecule has 1 fully saturated rings. The minimum atomic E-state index is -1.04. The lowest BCUT2D eigenvalue weighted by atomic mass is 9.87. The number of hydrogen-bond donors (Lipinski definition) is 2. The predicted molar refractivity (Wildman–Crippen MR) is 84.3 cm³/mol. The number of amides is 2. The van der Waals surface area contributed by atoms with Gasteiger partial charge in [-0.3, -0.25) is 0 Å². The molecule has 0 saturated carbocycles. The number of aromatic nitrogens is 2. The number of carbonyl (C=O) groups is 2. The minimum absolute atomic E-state index is 0.215. The number of likely N-dealkylation sites (tertiary alicyclic amines) is 1. The normalized spacial score (nSPS) is 16.8. The molecule has 0 unspecified atom stereocenters. The zero-order valence-corrected chi connectivity index (χ0v) is 13.4. The predicted octanol–water partition coefficient (Wildman–Crippen LogP) is 1.57. The Morgan fingerprint density at radius 3 is 2.71 bits per heavy atom. The molecular formula is C16H20N4O4. The third kappa shape index (κ3) is 2.86. The largest absolute Gasteiger partial charge is 0.479 e. The Hall–Kier alpha value is -2.77. The molecule has 8 heteroatoms. The second-order valence-electron chi connectivity index (χ2n) is 5.91. The van der Waals surface area contributed by atoms with Gasteiger partial charge in [0.05, 0.1) is 12.8 Å². The van der Waals surface area contributed by atoms with Crippen LogP contribution < -0.4 is 5.32 Å². The van der Waals surface area contributed by atoms with Crippen molar-refractivity contribution < 1.29 is 19.1 Å². The lowest BCUT2D eigenvalue weighted by molar-refractivity contribution is -0.150. The number of piperidine rings is 1. The molecule has 1 aliphatic rings. The number of nitrogens with one attached hydrogen (secondary N) is 1. The Bertz CT molecular complexity index is 714. The third-order valence-electron chi connectivity index (χ3n) is 4.56. The number of carboxylic acids is 1. The van der Waals surface area contributed by atoms with Gasteiger partial charge in [0.15, 0.2) is 0 Å². The summed E-state index contributed by atoms with van der Waals surface area (Å²) in [5.74, 6) is 0.446. The highest BCUT2D eigenvalue weighted by atomic mass is 16.4. The van der Waals surface area contributed by atoms with Gasteiger partial charge in [0.1, 0.15) is 17.1 Å². The number of imidazole rings is 1. The van der Waals surface area contributed by atoms with Crippen LogP contribution in [0.4, 0.5) is 4.79 Å². The highest BCUT2D eigenvalue weighted by molar-refractivity contribution is 5.78. The summed E-state index contributed by atoms with van der Waals surface area (Å²) in [5, 5.41) is 12.5. The molecule has 2 amide bonds. The van der Waals surface area contributed by atoms with E-state index in [0.717, 1.165) is 0 Å². The van der Waals surface area contributed by atoms with Crippen LogP contribution in [-0.4, -0.2) is 44.6 Å². The number of urea groups is 1. The Labute approximate surface area is 139 Å². The zero-order chi connectivity index (χ0) is 17.2. The van der Waals surface area contributed by atoms with Crippen LogP contribution in [0, 0.1) is 6.92 Å². The first-order valence-electron chi connectivity index (χ1n) is 7.82. The van der Waals surface area contributed by atoms with Crippen molar-refractivity contribution in [1.82, 2.24) is 19.8 Å². The molecule has 2 aromatic heterocycles. The van der Waals surface area contributed by atoms with Crippen molar-refractivity contribution in [2.45, 2.75) is 31.8 Å². The van der Waals surface area contributed by atoms with Crippen LogP contribution in [-0.2, 0) is 16.9 Å². The molecule has 0 spiro atoms. The molecule has 128 valence electrons. The van der Waals surface area contributed by atoms with Crippen molar-refractivity contribution >= 4 is 12.0 Å². The summed E-state index contributed by atoms with van der Waals surface area (Å²) in [5.41, 5.74) is -1.04. The van der Waals surface area contributed by atoms with Crippen LogP contribution in [0.1, 0.15) is 24.4 Å². The van der Waals surface area contributed by atoms with E-state index in [0.29, 0.717) is 44.1 Å². The molecule has 0 aliphatic carbocycles. The number of carboxylic acid groups (broad SMARTS) is 1. The second kappa shape index (κ2) is 6.38. The molecule has 2 aromatic rings. The van der Waals surface area contributed by atoms with Gasteiger partial charge in [0, 0.05) is 25.5 Å².